The molecule has 2 heteroatoms. The monoisotopic (exact) mass is 193 g/mol. The van der Waals surface area contributed by atoms with E-state index in [1.54, 1.807) is 6.07 Å². The molecule has 0 aliphatic heterocycles. The van der Waals surface area contributed by atoms with Gasteiger partial charge in [-0.05, 0) is 41.0 Å². The van der Waals surface area contributed by atoms with Crippen molar-refractivity contribution in [3.8, 4) is 0 Å². The number of hydrogen-bond acceptors (Lipinski definition) is 1. The average molecular weight is 193 g/mol. The summed E-state index contributed by atoms with van der Waals surface area (Å²) in [6, 6.07) is 3.15. The van der Waals surface area contributed by atoms with Crippen molar-refractivity contribution in [3.05, 3.63) is 29.1 Å². The molecule has 1 atom stereocenters. The molecule has 0 amide bonds. The summed E-state index contributed by atoms with van der Waals surface area (Å²) in [7, 11) is 0. The molecule has 0 fully saturated rings. The molecule has 0 heterocycles. The van der Waals surface area contributed by atoms with Crippen molar-refractivity contribution in [2.75, 3.05) is 5.73 Å². The highest BCUT2D eigenvalue weighted by Crippen LogP contribution is 2.48. The van der Waals surface area contributed by atoms with Crippen molar-refractivity contribution < 1.29 is 4.39 Å². The van der Waals surface area contributed by atoms with E-state index >= 15 is 0 Å². The second-order valence-electron chi connectivity index (χ2n) is 4.91. The minimum Gasteiger partial charge on any atom is -0.398 e. The van der Waals surface area contributed by atoms with Gasteiger partial charge in [-0.1, -0.05) is 20.8 Å². The molecule has 2 rings (SSSR count). The van der Waals surface area contributed by atoms with Gasteiger partial charge < -0.3 is 5.73 Å². The maximum atomic E-state index is 13.7. The van der Waals surface area contributed by atoms with Gasteiger partial charge in [0.1, 0.15) is 5.82 Å². The Morgan fingerprint density at radius 3 is 2.64 bits per heavy atom. The molecule has 0 bridgehead atoms. The Hall–Kier alpha value is -1.05. The molecular formula is C12H16FN. The molecule has 0 unspecified atom stereocenters. The van der Waals surface area contributed by atoms with Crippen LogP contribution in [0.1, 0.15) is 44.2 Å². The number of hydrogen-bond donors (Lipinski definition) is 1. The minimum atomic E-state index is -0.108. The Kier molecular flexibility index (Phi) is 1.85. The van der Waals surface area contributed by atoms with Gasteiger partial charge >= 0.3 is 0 Å². The summed E-state index contributed by atoms with van der Waals surface area (Å²) >= 11 is 0. The van der Waals surface area contributed by atoms with Crippen LogP contribution in [0.2, 0.25) is 0 Å². The zero-order valence-electron chi connectivity index (χ0n) is 8.89. The number of fused-ring (bicyclic) bond motifs is 1. The predicted molar refractivity (Wildman–Crippen MR) is 56.9 cm³/mol. The fourth-order valence-electron chi connectivity index (χ4n) is 2.80. The smallest absolute Gasteiger partial charge is 0.127 e. The van der Waals surface area contributed by atoms with Crippen LogP contribution < -0.4 is 5.73 Å². The van der Waals surface area contributed by atoms with Gasteiger partial charge in [0.05, 0.1) is 0 Å². The summed E-state index contributed by atoms with van der Waals surface area (Å²) in [5, 5.41) is 0. The first-order chi connectivity index (χ1) is 6.43. The summed E-state index contributed by atoms with van der Waals surface area (Å²) in [5.41, 5.74) is 8.39. The molecule has 1 nitrogen and oxygen atoms in total. The van der Waals surface area contributed by atoms with Gasteiger partial charge in [-0.15, -0.1) is 0 Å². The maximum absolute atomic E-state index is 13.7. The van der Waals surface area contributed by atoms with Crippen LogP contribution in [-0.2, 0) is 5.41 Å². The molecule has 0 spiro atoms. The topological polar surface area (TPSA) is 26.0 Å². The predicted octanol–water partition coefficient (Wildman–Crippen LogP) is 3.19. The van der Waals surface area contributed by atoms with Crippen molar-refractivity contribution in [1.29, 1.82) is 0 Å². The van der Waals surface area contributed by atoms with E-state index in [9.17, 15) is 4.39 Å². The van der Waals surface area contributed by atoms with Crippen molar-refractivity contribution >= 4 is 5.69 Å². The van der Waals surface area contributed by atoms with Crippen molar-refractivity contribution in [2.24, 2.45) is 0 Å². The molecule has 0 radical (unpaired) electrons. The Bertz CT molecular complexity index is 382. The summed E-state index contributed by atoms with van der Waals surface area (Å²) in [6.07, 6.45) is 0.980. The van der Waals surface area contributed by atoms with E-state index in [1.807, 2.05) is 0 Å². The van der Waals surface area contributed by atoms with Gasteiger partial charge in [-0.25, -0.2) is 4.39 Å². The van der Waals surface area contributed by atoms with Crippen LogP contribution in [-0.4, -0.2) is 0 Å². The number of rotatable bonds is 0. The van der Waals surface area contributed by atoms with Gasteiger partial charge in [0, 0.05) is 5.69 Å². The second-order valence-corrected chi connectivity index (χ2v) is 4.91. The second kappa shape index (κ2) is 2.72. The molecule has 76 valence electrons. The molecule has 1 aromatic carbocycles. The molecule has 0 saturated carbocycles. The highest BCUT2D eigenvalue weighted by Gasteiger charge is 2.38. The van der Waals surface area contributed by atoms with E-state index in [0.29, 0.717) is 5.92 Å². The molecule has 0 aromatic heterocycles. The average Bonchev–Trinajstić information content (AvgIpc) is 2.30. The fourth-order valence-corrected chi connectivity index (χ4v) is 2.80. The zero-order valence-corrected chi connectivity index (χ0v) is 8.89. The third-order valence-corrected chi connectivity index (χ3v) is 3.21. The molecule has 1 aliphatic carbocycles. The standard InChI is InChI=1S/C12H16FN/c1-7-6-12(2,3)11-8(13)4-5-9(14)10(7)11/h4-5,7H,6,14H2,1-3H3/t7-/m1/s1. The number of nitrogen functional groups attached to an aromatic ring is 1. The van der Waals surface area contributed by atoms with Crippen LogP contribution >= 0.6 is 0 Å². The first-order valence-corrected chi connectivity index (χ1v) is 5.02. The van der Waals surface area contributed by atoms with Crippen molar-refractivity contribution in [1.82, 2.24) is 0 Å². The first kappa shape index (κ1) is 9.50. The number of halogens is 1. The molecule has 1 aliphatic rings. The van der Waals surface area contributed by atoms with Crippen LogP contribution in [0.4, 0.5) is 10.1 Å². The van der Waals surface area contributed by atoms with Crippen LogP contribution in [0.5, 0.6) is 0 Å². The Labute approximate surface area is 84.1 Å². The van der Waals surface area contributed by atoms with Gasteiger partial charge in [0.15, 0.2) is 0 Å². The SMILES string of the molecule is C[C@@H]1CC(C)(C)c2c(F)ccc(N)c21. The number of nitrogens with two attached hydrogens (primary N) is 1. The van der Waals surface area contributed by atoms with E-state index in [1.165, 1.54) is 6.07 Å². The van der Waals surface area contributed by atoms with E-state index < -0.39 is 0 Å². The summed E-state index contributed by atoms with van der Waals surface area (Å²) in [6.45, 7) is 6.28. The largest absolute Gasteiger partial charge is 0.398 e. The third-order valence-electron chi connectivity index (χ3n) is 3.21. The fraction of sp³-hybridized carbons (Fsp3) is 0.500. The van der Waals surface area contributed by atoms with Gasteiger partial charge in [0.2, 0.25) is 0 Å². The lowest BCUT2D eigenvalue weighted by molar-refractivity contribution is 0.467. The summed E-state index contributed by atoms with van der Waals surface area (Å²) in [5.74, 6) is 0.263. The van der Waals surface area contributed by atoms with Crippen LogP contribution in [0.25, 0.3) is 0 Å². The summed E-state index contributed by atoms with van der Waals surface area (Å²) in [4.78, 5) is 0. The van der Waals surface area contributed by atoms with E-state index in [0.717, 1.165) is 23.2 Å². The molecular weight excluding hydrogens is 177 g/mol. The third kappa shape index (κ3) is 1.13. The molecule has 1 aromatic rings. The van der Waals surface area contributed by atoms with Crippen LogP contribution in [0.3, 0.4) is 0 Å². The normalized spacial score (nSPS) is 23.6. The van der Waals surface area contributed by atoms with Gasteiger partial charge in [-0.2, -0.15) is 0 Å². The highest BCUT2D eigenvalue weighted by molar-refractivity contribution is 5.58. The van der Waals surface area contributed by atoms with Crippen molar-refractivity contribution in [3.63, 3.8) is 0 Å². The molecule has 2 N–H and O–H groups in total. The minimum absolute atomic E-state index is 0.0752. The van der Waals surface area contributed by atoms with E-state index in [2.05, 4.69) is 20.8 Å². The Morgan fingerprint density at radius 2 is 2.07 bits per heavy atom. The Morgan fingerprint density at radius 1 is 1.43 bits per heavy atom. The van der Waals surface area contributed by atoms with Crippen LogP contribution in [0.15, 0.2) is 12.1 Å². The van der Waals surface area contributed by atoms with E-state index in [4.69, 9.17) is 5.73 Å². The zero-order chi connectivity index (χ0) is 10.5. The lowest BCUT2D eigenvalue weighted by Gasteiger charge is -2.19. The lowest BCUT2D eigenvalue weighted by atomic mass is 9.86. The number of benzene rings is 1. The summed E-state index contributed by atoms with van der Waals surface area (Å²) < 4.78 is 13.7. The quantitative estimate of drug-likeness (QED) is 0.629. The van der Waals surface area contributed by atoms with Gasteiger partial charge in [-0.3, -0.25) is 0 Å². The molecule has 14 heavy (non-hydrogen) atoms. The van der Waals surface area contributed by atoms with E-state index in [-0.39, 0.29) is 11.2 Å². The maximum Gasteiger partial charge on any atom is 0.127 e. The molecule has 0 saturated heterocycles. The number of anilines is 1. The van der Waals surface area contributed by atoms with Crippen LogP contribution in [0, 0.1) is 5.82 Å². The van der Waals surface area contributed by atoms with Gasteiger partial charge in [0.25, 0.3) is 0 Å². The first-order valence-electron chi connectivity index (χ1n) is 5.02. The lowest BCUT2D eigenvalue weighted by Crippen LogP contribution is -2.14. The highest BCUT2D eigenvalue weighted by atomic mass is 19.1. The van der Waals surface area contributed by atoms with Crippen molar-refractivity contribution in [2.45, 2.75) is 38.5 Å². The Balaban J connectivity index is 2.73.